The molecule has 0 bridgehead atoms. The SMILES string of the molecule is CCN=c1scc(-c2cc(OC)ccc2OC)n1N=Cc1c[nH]c2ccccc12. The maximum absolute atomic E-state index is 5.58. The number of thiazole rings is 1. The molecule has 29 heavy (non-hydrogen) atoms. The van der Waals surface area contributed by atoms with Crippen LogP contribution in [0.15, 0.2) is 64.1 Å². The summed E-state index contributed by atoms with van der Waals surface area (Å²) < 4.78 is 12.8. The molecule has 4 aromatic rings. The highest BCUT2D eigenvalue weighted by molar-refractivity contribution is 7.07. The zero-order valence-electron chi connectivity index (χ0n) is 16.5. The monoisotopic (exact) mass is 406 g/mol. The third kappa shape index (κ3) is 3.69. The average Bonchev–Trinajstić information content (AvgIpc) is 3.36. The van der Waals surface area contributed by atoms with Crippen LogP contribution in [0.25, 0.3) is 22.2 Å². The van der Waals surface area contributed by atoms with E-state index in [0.717, 1.165) is 44.0 Å². The third-order valence-corrected chi connectivity index (χ3v) is 5.45. The van der Waals surface area contributed by atoms with Crippen LogP contribution in [0, 0.1) is 0 Å². The zero-order valence-corrected chi connectivity index (χ0v) is 17.4. The molecule has 0 amide bonds. The van der Waals surface area contributed by atoms with E-state index in [1.807, 2.05) is 59.7 Å². The fourth-order valence-electron chi connectivity index (χ4n) is 3.18. The number of nitrogens with one attached hydrogen (secondary N) is 1. The highest BCUT2D eigenvalue weighted by atomic mass is 32.1. The molecule has 0 saturated heterocycles. The number of benzene rings is 2. The summed E-state index contributed by atoms with van der Waals surface area (Å²) in [5.41, 5.74) is 3.90. The van der Waals surface area contributed by atoms with E-state index in [2.05, 4.69) is 22.1 Å². The van der Waals surface area contributed by atoms with E-state index in [1.54, 1.807) is 25.6 Å². The fourth-order valence-corrected chi connectivity index (χ4v) is 4.07. The number of aromatic nitrogens is 2. The maximum Gasteiger partial charge on any atom is 0.206 e. The Morgan fingerprint density at radius 3 is 2.79 bits per heavy atom. The van der Waals surface area contributed by atoms with E-state index in [-0.39, 0.29) is 0 Å². The molecular formula is C22H22N4O2S. The van der Waals surface area contributed by atoms with Gasteiger partial charge >= 0.3 is 0 Å². The number of fused-ring (bicyclic) bond motifs is 1. The van der Waals surface area contributed by atoms with Crippen LogP contribution < -0.4 is 14.3 Å². The first-order chi connectivity index (χ1) is 14.2. The first kappa shape index (κ1) is 19.0. The second kappa shape index (κ2) is 8.36. The number of hydrogen-bond donors (Lipinski definition) is 1. The molecule has 2 aromatic carbocycles. The van der Waals surface area contributed by atoms with Gasteiger partial charge in [-0.2, -0.15) is 5.10 Å². The van der Waals surface area contributed by atoms with Gasteiger partial charge in [-0.25, -0.2) is 4.68 Å². The molecule has 2 heterocycles. The summed E-state index contributed by atoms with van der Waals surface area (Å²) in [6, 6.07) is 13.9. The Balaban J connectivity index is 1.86. The minimum Gasteiger partial charge on any atom is -0.497 e. The normalized spacial score (nSPS) is 12.2. The minimum absolute atomic E-state index is 0.678. The lowest BCUT2D eigenvalue weighted by Gasteiger charge is -2.11. The summed E-state index contributed by atoms with van der Waals surface area (Å²) in [6.07, 6.45) is 3.82. The molecule has 6 nitrogen and oxygen atoms in total. The topological polar surface area (TPSA) is 63.9 Å². The van der Waals surface area contributed by atoms with Gasteiger partial charge < -0.3 is 14.5 Å². The summed E-state index contributed by atoms with van der Waals surface area (Å²) in [5.74, 6) is 1.51. The molecule has 0 saturated carbocycles. The van der Waals surface area contributed by atoms with E-state index < -0.39 is 0 Å². The molecule has 2 aromatic heterocycles. The highest BCUT2D eigenvalue weighted by Crippen LogP contribution is 2.33. The van der Waals surface area contributed by atoms with Gasteiger partial charge in [-0.1, -0.05) is 18.2 Å². The largest absolute Gasteiger partial charge is 0.497 e. The minimum atomic E-state index is 0.678. The van der Waals surface area contributed by atoms with Gasteiger partial charge in [-0.3, -0.25) is 4.99 Å². The van der Waals surface area contributed by atoms with Crippen molar-refractivity contribution in [3.8, 4) is 22.8 Å². The second-order valence-corrected chi connectivity index (χ2v) is 7.13. The molecule has 0 aliphatic carbocycles. The smallest absolute Gasteiger partial charge is 0.206 e. The first-order valence-electron chi connectivity index (χ1n) is 9.29. The van der Waals surface area contributed by atoms with Crippen LogP contribution in [0.5, 0.6) is 11.5 Å². The summed E-state index contributed by atoms with van der Waals surface area (Å²) in [6.45, 7) is 2.69. The summed E-state index contributed by atoms with van der Waals surface area (Å²) in [4.78, 5) is 8.70. The van der Waals surface area contributed by atoms with Crippen LogP contribution in [0.3, 0.4) is 0 Å². The van der Waals surface area contributed by atoms with Crippen LogP contribution in [0.1, 0.15) is 12.5 Å². The van der Waals surface area contributed by atoms with E-state index in [4.69, 9.17) is 14.6 Å². The Morgan fingerprint density at radius 2 is 2.00 bits per heavy atom. The molecule has 1 N–H and O–H groups in total. The van der Waals surface area contributed by atoms with Crippen molar-refractivity contribution in [1.29, 1.82) is 0 Å². The van der Waals surface area contributed by atoms with Crippen LogP contribution in [0.2, 0.25) is 0 Å². The van der Waals surface area contributed by atoms with Crippen molar-refractivity contribution in [2.24, 2.45) is 10.1 Å². The number of para-hydroxylation sites is 1. The molecule has 0 spiro atoms. The molecule has 148 valence electrons. The van der Waals surface area contributed by atoms with E-state index in [0.29, 0.717) is 6.54 Å². The molecule has 0 atom stereocenters. The molecule has 0 aliphatic rings. The predicted octanol–water partition coefficient (Wildman–Crippen LogP) is 4.52. The number of aromatic amines is 1. The van der Waals surface area contributed by atoms with Crippen LogP contribution in [-0.2, 0) is 0 Å². The lowest BCUT2D eigenvalue weighted by molar-refractivity contribution is 0.404. The summed E-state index contributed by atoms with van der Waals surface area (Å²) in [5, 5.41) is 7.94. The quantitative estimate of drug-likeness (QED) is 0.479. The number of methoxy groups -OCH3 is 2. The van der Waals surface area contributed by atoms with Gasteiger partial charge in [0.2, 0.25) is 4.80 Å². The van der Waals surface area contributed by atoms with Gasteiger partial charge in [-0.15, -0.1) is 11.3 Å². The Hall–Kier alpha value is -3.32. The summed E-state index contributed by atoms with van der Waals surface area (Å²) in [7, 11) is 3.31. The summed E-state index contributed by atoms with van der Waals surface area (Å²) >= 11 is 1.55. The molecule has 0 fully saturated rings. The Labute approximate surface area is 172 Å². The number of H-pyrrole nitrogens is 1. The fraction of sp³-hybridized carbons (Fsp3) is 0.182. The molecule has 0 unspecified atom stereocenters. The number of nitrogens with zero attached hydrogens (tertiary/aromatic N) is 3. The Bertz CT molecular complexity index is 1230. The van der Waals surface area contributed by atoms with Gasteiger partial charge in [0.15, 0.2) is 0 Å². The molecule has 4 rings (SSSR count). The first-order valence-corrected chi connectivity index (χ1v) is 10.2. The molecule has 0 radical (unpaired) electrons. The van der Waals surface area contributed by atoms with Gasteiger partial charge in [0, 0.05) is 40.2 Å². The van der Waals surface area contributed by atoms with Crippen molar-refractivity contribution >= 4 is 28.5 Å². The standard InChI is InChI=1S/C22H22N4O2S/c1-4-23-22-26(25-13-15-12-24-19-8-6-5-7-17(15)19)20(14-29-22)18-11-16(27-2)9-10-21(18)28-3/h5-14,24H,4H2,1-3H3. The predicted molar refractivity (Wildman–Crippen MR) is 118 cm³/mol. The highest BCUT2D eigenvalue weighted by Gasteiger charge is 2.14. The lowest BCUT2D eigenvalue weighted by atomic mass is 10.1. The number of hydrogen-bond acceptors (Lipinski definition) is 5. The molecular weight excluding hydrogens is 384 g/mol. The van der Waals surface area contributed by atoms with Gasteiger partial charge in [0.25, 0.3) is 0 Å². The zero-order chi connectivity index (χ0) is 20.2. The van der Waals surface area contributed by atoms with Crippen molar-refractivity contribution in [3.05, 3.63) is 64.4 Å². The Morgan fingerprint density at radius 1 is 1.14 bits per heavy atom. The third-order valence-electron chi connectivity index (χ3n) is 4.59. The van der Waals surface area contributed by atoms with Crippen molar-refractivity contribution in [1.82, 2.24) is 9.66 Å². The number of ether oxygens (including phenoxy) is 2. The van der Waals surface area contributed by atoms with Crippen LogP contribution in [0.4, 0.5) is 0 Å². The van der Waals surface area contributed by atoms with Crippen LogP contribution >= 0.6 is 11.3 Å². The number of rotatable bonds is 6. The Kier molecular flexibility index (Phi) is 5.48. The van der Waals surface area contributed by atoms with Crippen molar-refractivity contribution in [2.45, 2.75) is 6.92 Å². The van der Waals surface area contributed by atoms with E-state index in [1.165, 1.54) is 0 Å². The second-order valence-electron chi connectivity index (χ2n) is 6.29. The van der Waals surface area contributed by atoms with E-state index in [9.17, 15) is 0 Å². The maximum atomic E-state index is 5.58. The van der Waals surface area contributed by atoms with Crippen LogP contribution in [-0.4, -0.2) is 36.6 Å². The molecule has 0 aliphatic heterocycles. The van der Waals surface area contributed by atoms with Gasteiger partial charge in [0.05, 0.1) is 26.1 Å². The van der Waals surface area contributed by atoms with Gasteiger partial charge in [-0.05, 0) is 31.2 Å². The van der Waals surface area contributed by atoms with E-state index >= 15 is 0 Å². The van der Waals surface area contributed by atoms with Gasteiger partial charge in [0.1, 0.15) is 11.5 Å². The van der Waals surface area contributed by atoms with Crippen molar-refractivity contribution < 1.29 is 9.47 Å². The average molecular weight is 407 g/mol. The van der Waals surface area contributed by atoms with Crippen molar-refractivity contribution in [3.63, 3.8) is 0 Å². The lowest BCUT2D eigenvalue weighted by Crippen LogP contribution is -2.12. The molecule has 7 heteroatoms. The van der Waals surface area contributed by atoms with Crippen molar-refractivity contribution in [2.75, 3.05) is 20.8 Å².